The van der Waals surface area contributed by atoms with E-state index >= 15 is 0 Å². The first-order valence-corrected chi connectivity index (χ1v) is 9.60. The summed E-state index contributed by atoms with van der Waals surface area (Å²) in [5, 5.41) is 4.59. The molecule has 0 fully saturated rings. The Bertz CT molecular complexity index is 894. The smallest absolute Gasteiger partial charge is 0.220 e. The van der Waals surface area contributed by atoms with Crippen molar-refractivity contribution >= 4 is 44.4 Å². The van der Waals surface area contributed by atoms with Crippen LogP contribution in [0.2, 0.25) is 5.02 Å². The van der Waals surface area contributed by atoms with E-state index in [4.69, 9.17) is 20.8 Å². The maximum Gasteiger partial charge on any atom is 0.220 e. The van der Waals surface area contributed by atoms with Crippen molar-refractivity contribution in [2.45, 2.75) is 19.3 Å². The Morgan fingerprint density at radius 2 is 2.08 bits per heavy atom. The number of ether oxygens (including phenoxy) is 1. The summed E-state index contributed by atoms with van der Waals surface area (Å²) in [7, 11) is 0. The van der Waals surface area contributed by atoms with Gasteiger partial charge in [-0.15, -0.1) is 0 Å². The number of benzene rings is 2. The van der Waals surface area contributed by atoms with E-state index in [-0.39, 0.29) is 5.91 Å². The molecule has 3 rings (SSSR count). The highest BCUT2D eigenvalue weighted by Crippen LogP contribution is 2.27. The second-order valence-corrected chi connectivity index (χ2v) is 7.21. The summed E-state index contributed by atoms with van der Waals surface area (Å²) >= 11 is 9.44. The highest BCUT2D eigenvalue weighted by Gasteiger charge is 2.07. The average Bonchev–Trinajstić information content (AvgIpc) is 3.03. The lowest BCUT2D eigenvalue weighted by Gasteiger charge is -2.08. The molecule has 0 saturated heterocycles. The van der Waals surface area contributed by atoms with Crippen LogP contribution in [-0.4, -0.2) is 19.1 Å². The Hall–Kier alpha value is -1.98. The van der Waals surface area contributed by atoms with Gasteiger partial charge >= 0.3 is 0 Å². The average molecular weight is 437 g/mol. The van der Waals surface area contributed by atoms with Crippen molar-refractivity contribution in [2.75, 3.05) is 13.2 Å². The predicted octanol–water partition coefficient (Wildman–Crippen LogP) is 5.37. The number of fused-ring (bicyclic) bond motifs is 1. The minimum absolute atomic E-state index is 0.0169. The van der Waals surface area contributed by atoms with Crippen LogP contribution in [0.15, 0.2) is 57.6 Å². The van der Waals surface area contributed by atoms with E-state index in [1.165, 1.54) is 0 Å². The highest BCUT2D eigenvalue weighted by atomic mass is 79.9. The number of carbonyl (C=O) groups excluding carboxylic acids is 1. The SMILES string of the molecule is O=C(CCCOc1ccc(Br)cc1Cl)NCCc1coc2ccccc12. The van der Waals surface area contributed by atoms with Gasteiger partial charge in [-0.3, -0.25) is 4.79 Å². The Morgan fingerprint density at radius 3 is 2.92 bits per heavy atom. The van der Waals surface area contributed by atoms with Gasteiger partial charge in [0.05, 0.1) is 17.9 Å². The molecule has 1 heterocycles. The Balaban J connectivity index is 1.35. The van der Waals surface area contributed by atoms with Gasteiger partial charge in [-0.25, -0.2) is 0 Å². The van der Waals surface area contributed by atoms with E-state index in [1.54, 1.807) is 12.3 Å². The zero-order chi connectivity index (χ0) is 18.4. The van der Waals surface area contributed by atoms with Gasteiger partial charge in [0.15, 0.2) is 0 Å². The molecule has 0 spiro atoms. The summed E-state index contributed by atoms with van der Waals surface area (Å²) in [4.78, 5) is 11.9. The second-order valence-electron chi connectivity index (χ2n) is 5.88. The van der Waals surface area contributed by atoms with Gasteiger partial charge in [0.25, 0.3) is 0 Å². The van der Waals surface area contributed by atoms with Gasteiger partial charge < -0.3 is 14.5 Å². The summed E-state index contributed by atoms with van der Waals surface area (Å²) in [6.07, 6.45) is 3.55. The molecule has 1 amide bonds. The topological polar surface area (TPSA) is 51.5 Å². The number of amides is 1. The van der Waals surface area contributed by atoms with Crippen molar-refractivity contribution in [1.29, 1.82) is 0 Å². The summed E-state index contributed by atoms with van der Waals surface area (Å²) < 4.78 is 12.0. The van der Waals surface area contributed by atoms with Crippen LogP contribution in [0.1, 0.15) is 18.4 Å². The number of furan rings is 1. The molecule has 0 atom stereocenters. The van der Waals surface area contributed by atoms with E-state index < -0.39 is 0 Å². The molecule has 1 N–H and O–H groups in total. The van der Waals surface area contributed by atoms with Crippen molar-refractivity contribution in [3.63, 3.8) is 0 Å². The van der Waals surface area contributed by atoms with E-state index in [0.717, 1.165) is 27.4 Å². The van der Waals surface area contributed by atoms with Gasteiger partial charge in [0, 0.05) is 22.8 Å². The summed E-state index contributed by atoms with van der Waals surface area (Å²) in [5.74, 6) is 0.644. The predicted molar refractivity (Wildman–Crippen MR) is 107 cm³/mol. The molecule has 0 saturated carbocycles. The molecule has 1 aromatic heterocycles. The summed E-state index contributed by atoms with van der Waals surface area (Å²) in [5.41, 5.74) is 1.98. The quantitative estimate of drug-likeness (QED) is 0.483. The van der Waals surface area contributed by atoms with E-state index in [1.807, 2.05) is 36.4 Å². The molecule has 6 heteroatoms. The molecule has 2 aromatic carbocycles. The zero-order valence-corrected chi connectivity index (χ0v) is 16.5. The van der Waals surface area contributed by atoms with Gasteiger partial charge in [0.1, 0.15) is 11.3 Å². The molecule has 0 unspecified atom stereocenters. The molecule has 4 nitrogen and oxygen atoms in total. The lowest BCUT2D eigenvalue weighted by Crippen LogP contribution is -2.25. The van der Waals surface area contributed by atoms with Crippen molar-refractivity contribution in [3.8, 4) is 5.75 Å². The Morgan fingerprint density at radius 1 is 1.23 bits per heavy atom. The highest BCUT2D eigenvalue weighted by molar-refractivity contribution is 9.10. The number of rotatable bonds is 8. The first-order valence-electron chi connectivity index (χ1n) is 8.43. The lowest BCUT2D eigenvalue weighted by atomic mass is 10.1. The molecule has 136 valence electrons. The number of para-hydroxylation sites is 1. The molecular weight excluding hydrogens is 418 g/mol. The first-order chi connectivity index (χ1) is 12.6. The third-order valence-corrected chi connectivity index (χ3v) is 4.77. The van der Waals surface area contributed by atoms with Gasteiger partial charge in [-0.2, -0.15) is 0 Å². The first kappa shape index (κ1) is 18.8. The molecule has 0 aliphatic carbocycles. The molecule has 0 radical (unpaired) electrons. The fourth-order valence-corrected chi connectivity index (χ4v) is 3.39. The maximum atomic E-state index is 11.9. The third-order valence-electron chi connectivity index (χ3n) is 3.98. The molecule has 26 heavy (non-hydrogen) atoms. The van der Waals surface area contributed by atoms with Crippen LogP contribution in [0, 0.1) is 0 Å². The van der Waals surface area contributed by atoms with Crippen LogP contribution < -0.4 is 10.1 Å². The Kier molecular flexibility index (Phi) is 6.58. The van der Waals surface area contributed by atoms with Crippen molar-refractivity contribution in [1.82, 2.24) is 5.32 Å². The summed E-state index contributed by atoms with van der Waals surface area (Å²) in [6, 6.07) is 13.4. The van der Waals surface area contributed by atoms with Crippen LogP contribution in [0.25, 0.3) is 11.0 Å². The van der Waals surface area contributed by atoms with Gasteiger partial charge in [-0.1, -0.05) is 45.7 Å². The van der Waals surface area contributed by atoms with E-state index in [2.05, 4.69) is 21.2 Å². The molecule has 0 bridgehead atoms. The minimum Gasteiger partial charge on any atom is -0.492 e. The van der Waals surface area contributed by atoms with E-state index in [0.29, 0.717) is 36.8 Å². The molecule has 3 aromatic rings. The fraction of sp³-hybridized carbons (Fsp3) is 0.250. The van der Waals surface area contributed by atoms with Crippen LogP contribution in [0.5, 0.6) is 5.75 Å². The monoisotopic (exact) mass is 435 g/mol. The van der Waals surface area contributed by atoms with Gasteiger partial charge in [0.2, 0.25) is 5.91 Å². The number of nitrogens with one attached hydrogen (secondary N) is 1. The molecule has 0 aliphatic rings. The fourth-order valence-electron chi connectivity index (χ4n) is 2.66. The number of halogens is 2. The minimum atomic E-state index is 0.0169. The van der Waals surface area contributed by atoms with Gasteiger partial charge in [-0.05, 0) is 42.7 Å². The van der Waals surface area contributed by atoms with Crippen LogP contribution in [-0.2, 0) is 11.2 Å². The third kappa shape index (κ3) is 5.02. The second kappa shape index (κ2) is 9.10. The zero-order valence-electron chi connectivity index (χ0n) is 14.1. The van der Waals surface area contributed by atoms with Crippen molar-refractivity contribution < 1.29 is 13.9 Å². The van der Waals surface area contributed by atoms with Crippen LogP contribution in [0.4, 0.5) is 0 Å². The Labute approximate surface area is 165 Å². The molecule has 0 aliphatic heterocycles. The van der Waals surface area contributed by atoms with Crippen LogP contribution in [0.3, 0.4) is 0 Å². The van der Waals surface area contributed by atoms with E-state index in [9.17, 15) is 4.79 Å². The number of carbonyl (C=O) groups is 1. The normalized spacial score (nSPS) is 10.8. The van der Waals surface area contributed by atoms with Crippen molar-refractivity contribution in [3.05, 3.63) is 63.8 Å². The maximum absolute atomic E-state index is 11.9. The summed E-state index contributed by atoms with van der Waals surface area (Å²) in [6.45, 7) is 1.03. The lowest BCUT2D eigenvalue weighted by molar-refractivity contribution is -0.121. The standard InChI is InChI=1S/C20H19BrClNO3/c21-15-7-8-19(17(22)12-15)25-11-3-6-20(24)23-10-9-14-13-26-18-5-2-1-4-16(14)18/h1-2,4-5,7-8,12-13H,3,6,9-11H2,(H,23,24). The largest absolute Gasteiger partial charge is 0.492 e. The number of hydrogen-bond donors (Lipinski definition) is 1. The van der Waals surface area contributed by atoms with Crippen LogP contribution >= 0.6 is 27.5 Å². The van der Waals surface area contributed by atoms with Crippen molar-refractivity contribution in [2.24, 2.45) is 0 Å². The molecular formula is C20H19BrClNO3. The number of hydrogen-bond acceptors (Lipinski definition) is 3.